The molecule has 0 atom stereocenters. The molecule has 0 N–H and O–H groups in total. The number of hydrogen-bond acceptors (Lipinski definition) is 2. The summed E-state index contributed by atoms with van der Waals surface area (Å²) in [6.45, 7) is 0. The molecule has 0 aliphatic rings. The molecule has 0 aromatic heterocycles. The van der Waals surface area contributed by atoms with E-state index >= 15 is 0 Å². The Morgan fingerprint density at radius 2 is 1.25 bits per heavy atom. The van der Waals surface area contributed by atoms with Gasteiger partial charge in [0.1, 0.15) is 0 Å². The van der Waals surface area contributed by atoms with E-state index < -0.39 is 7.26 Å². The summed E-state index contributed by atoms with van der Waals surface area (Å²) in [7, 11) is 5.83. The SMILES string of the molecule is CN(C)B(F)N(C)C. The molecular formula is C4H12BFN2. The molecule has 0 heterocycles. The zero-order chi connectivity index (χ0) is 6.73. The normalized spacial score (nSPS) is 10.9. The van der Waals surface area contributed by atoms with E-state index in [-0.39, 0.29) is 0 Å². The third-order valence-corrected chi connectivity index (χ3v) is 0.852. The van der Waals surface area contributed by atoms with Gasteiger partial charge in [-0.05, 0) is 28.2 Å². The van der Waals surface area contributed by atoms with Crippen LogP contribution < -0.4 is 0 Å². The minimum atomic E-state index is -0.963. The maximum Gasteiger partial charge on any atom is 0.519 e. The molecule has 48 valence electrons. The third-order valence-electron chi connectivity index (χ3n) is 0.852. The Kier molecular flexibility index (Phi) is 3.01. The van der Waals surface area contributed by atoms with Gasteiger partial charge in [-0.25, -0.2) is 0 Å². The van der Waals surface area contributed by atoms with Crippen molar-refractivity contribution in [2.24, 2.45) is 0 Å². The van der Waals surface area contributed by atoms with Gasteiger partial charge in [-0.1, -0.05) is 0 Å². The van der Waals surface area contributed by atoms with Crippen LogP contribution in [0.15, 0.2) is 0 Å². The van der Waals surface area contributed by atoms with Crippen molar-refractivity contribution in [3.8, 4) is 0 Å². The highest BCUT2D eigenvalue weighted by Gasteiger charge is 2.19. The van der Waals surface area contributed by atoms with Gasteiger partial charge >= 0.3 is 7.26 Å². The quantitative estimate of drug-likeness (QED) is 0.473. The Balaban J connectivity index is 3.46. The van der Waals surface area contributed by atoms with Crippen LogP contribution >= 0.6 is 0 Å². The highest BCUT2D eigenvalue weighted by Crippen LogP contribution is 1.90. The van der Waals surface area contributed by atoms with E-state index in [1.54, 1.807) is 28.2 Å². The van der Waals surface area contributed by atoms with E-state index in [1.165, 1.54) is 9.62 Å². The maximum absolute atomic E-state index is 12.5. The average molecular weight is 118 g/mol. The molecule has 0 saturated carbocycles. The smallest absolute Gasteiger partial charge is 0.304 e. The number of nitrogens with zero attached hydrogens (tertiary/aromatic N) is 2. The van der Waals surface area contributed by atoms with Crippen LogP contribution in [0.3, 0.4) is 0 Å². The minimum Gasteiger partial charge on any atom is -0.304 e. The van der Waals surface area contributed by atoms with Crippen LogP contribution in [0.1, 0.15) is 0 Å². The van der Waals surface area contributed by atoms with Crippen LogP contribution in [0.2, 0.25) is 0 Å². The van der Waals surface area contributed by atoms with Gasteiger partial charge in [-0.3, -0.25) is 4.32 Å². The van der Waals surface area contributed by atoms with Gasteiger partial charge < -0.3 is 9.62 Å². The van der Waals surface area contributed by atoms with Gasteiger partial charge in [0.05, 0.1) is 0 Å². The molecule has 0 fully saturated rings. The fraction of sp³-hybridized carbons (Fsp3) is 1.00. The lowest BCUT2D eigenvalue weighted by molar-refractivity contribution is 0.447. The molecule has 0 unspecified atom stereocenters. The van der Waals surface area contributed by atoms with E-state index in [9.17, 15) is 4.32 Å². The molecule has 2 nitrogen and oxygen atoms in total. The topological polar surface area (TPSA) is 6.48 Å². The number of halogens is 1. The Hall–Kier alpha value is -0.0851. The van der Waals surface area contributed by atoms with Crippen LogP contribution in [-0.4, -0.2) is 45.1 Å². The van der Waals surface area contributed by atoms with E-state index in [4.69, 9.17) is 0 Å². The predicted octanol–water partition coefficient (Wildman–Crippen LogP) is 0.0640. The lowest BCUT2D eigenvalue weighted by atomic mass is 10.0. The second-order valence-corrected chi connectivity index (χ2v) is 2.24. The first-order chi connectivity index (χ1) is 3.55. The van der Waals surface area contributed by atoms with Crippen LogP contribution in [0.4, 0.5) is 4.32 Å². The first kappa shape index (κ1) is 7.91. The van der Waals surface area contributed by atoms with Crippen LogP contribution in [-0.2, 0) is 0 Å². The van der Waals surface area contributed by atoms with Gasteiger partial charge in [0.15, 0.2) is 0 Å². The van der Waals surface area contributed by atoms with Crippen molar-refractivity contribution in [2.75, 3.05) is 28.2 Å². The maximum atomic E-state index is 12.5. The third kappa shape index (κ3) is 2.28. The molecule has 0 aromatic carbocycles. The van der Waals surface area contributed by atoms with E-state index in [2.05, 4.69) is 0 Å². The van der Waals surface area contributed by atoms with Crippen LogP contribution in [0.5, 0.6) is 0 Å². The van der Waals surface area contributed by atoms with Crippen molar-refractivity contribution in [1.82, 2.24) is 9.62 Å². The summed E-state index contributed by atoms with van der Waals surface area (Å²) < 4.78 is 12.5. The molecule has 0 rings (SSSR count). The van der Waals surface area contributed by atoms with Crippen LogP contribution in [0, 0.1) is 0 Å². The molecule has 0 saturated heterocycles. The molecule has 0 aliphatic carbocycles. The second-order valence-electron chi connectivity index (χ2n) is 2.24. The van der Waals surface area contributed by atoms with Crippen molar-refractivity contribution < 1.29 is 4.32 Å². The standard InChI is InChI=1S/C4H12BFN2/c1-7(2)5(6)8(3)4/h1-4H3. The van der Waals surface area contributed by atoms with Crippen molar-refractivity contribution in [1.29, 1.82) is 0 Å². The largest absolute Gasteiger partial charge is 0.519 e. The molecule has 4 heteroatoms. The Labute approximate surface area is 50.4 Å². The molecule has 8 heavy (non-hydrogen) atoms. The van der Waals surface area contributed by atoms with Crippen molar-refractivity contribution in [3.05, 3.63) is 0 Å². The number of rotatable bonds is 2. The minimum absolute atomic E-state index is 0.963. The van der Waals surface area contributed by atoms with Crippen molar-refractivity contribution in [3.63, 3.8) is 0 Å². The zero-order valence-electron chi connectivity index (χ0n) is 5.85. The van der Waals surface area contributed by atoms with E-state index in [1.807, 2.05) is 0 Å². The molecule has 0 radical (unpaired) electrons. The molecule has 0 bridgehead atoms. The Bertz CT molecular complexity index is 59.1. The Morgan fingerprint density at radius 1 is 1.00 bits per heavy atom. The summed E-state index contributed by atoms with van der Waals surface area (Å²) in [6.07, 6.45) is 0. The van der Waals surface area contributed by atoms with Gasteiger partial charge in [-0.15, -0.1) is 0 Å². The molecule has 0 spiro atoms. The number of hydrogen-bond donors (Lipinski definition) is 0. The van der Waals surface area contributed by atoms with Crippen molar-refractivity contribution in [2.45, 2.75) is 0 Å². The van der Waals surface area contributed by atoms with Gasteiger partial charge in [0, 0.05) is 0 Å². The fourth-order valence-electron chi connectivity index (χ4n) is 0.462. The highest BCUT2D eigenvalue weighted by molar-refractivity contribution is 6.44. The molecule has 0 aromatic rings. The summed E-state index contributed by atoms with van der Waals surface area (Å²) in [5.74, 6) is 0. The molecular weight excluding hydrogens is 106 g/mol. The summed E-state index contributed by atoms with van der Waals surface area (Å²) in [4.78, 5) is 3.00. The monoisotopic (exact) mass is 118 g/mol. The van der Waals surface area contributed by atoms with Gasteiger partial charge in [0.2, 0.25) is 0 Å². The summed E-state index contributed by atoms with van der Waals surface area (Å²) in [6, 6.07) is 0. The fourth-order valence-corrected chi connectivity index (χ4v) is 0.462. The summed E-state index contributed by atoms with van der Waals surface area (Å²) >= 11 is 0. The molecule has 0 aliphatic heterocycles. The Morgan fingerprint density at radius 3 is 1.25 bits per heavy atom. The van der Waals surface area contributed by atoms with Gasteiger partial charge in [0.25, 0.3) is 0 Å². The zero-order valence-corrected chi connectivity index (χ0v) is 5.85. The predicted molar refractivity (Wildman–Crippen MR) is 34.2 cm³/mol. The first-order valence-electron chi connectivity index (χ1n) is 2.52. The van der Waals surface area contributed by atoms with Gasteiger partial charge in [-0.2, -0.15) is 0 Å². The van der Waals surface area contributed by atoms with E-state index in [0.717, 1.165) is 0 Å². The lowest BCUT2D eigenvalue weighted by Crippen LogP contribution is -2.41. The first-order valence-corrected chi connectivity index (χ1v) is 2.52. The van der Waals surface area contributed by atoms with E-state index in [0.29, 0.717) is 0 Å². The summed E-state index contributed by atoms with van der Waals surface area (Å²) in [5.41, 5.74) is 0. The second kappa shape index (κ2) is 3.04. The summed E-state index contributed by atoms with van der Waals surface area (Å²) in [5, 5.41) is 0. The lowest BCUT2D eigenvalue weighted by Gasteiger charge is -2.16. The van der Waals surface area contributed by atoms with Crippen molar-refractivity contribution >= 4 is 7.26 Å². The average Bonchev–Trinajstić information content (AvgIpc) is 1.64. The molecule has 0 amide bonds. The van der Waals surface area contributed by atoms with Crippen LogP contribution in [0.25, 0.3) is 0 Å². The highest BCUT2D eigenvalue weighted by atomic mass is 19.1.